The highest BCUT2D eigenvalue weighted by atomic mass is 31.1. The highest BCUT2D eigenvalue weighted by Crippen LogP contribution is 2.73. The molecule has 0 amide bonds. The first-order valence-electron chi connectivity index (χ1n) is 12.4. The molecule has 0 nitrogen and oxygen atoms in total. The summed E-state index contributed by atoms with van der Waals surface area (Å²) in [6.07, 6.45) is 20.7. The third-order valence-electron chi connectivity index (χ3n) is 10.2. The smallest absolute Gasteiger partial charge is 0.0106 e. The first kappa shape index (κ1) is 17.3. The molecule has 9 rings (SSSR count). The lowest BCUT2D eigenvalue weighted by Crippen LogP contribution is -2.57. The van der Waals surface area contributed by atoms with E-state index in [9.17, 15) is 0 Å². The minimum absolute atomic E-state index is 0.667. The Labute approximate surface area is 173 Å². The number of hydrogen-bond donors (Lipinski definition) is 0. The summed E-state index contributed by atoms with van der Waals surface area (Å²) in [4.78, 5) is 0. The number of hydrogen-bond acceptors (Lipinski definition) is 0. The molecule has 150 valence electrons. The maximum absolute atomic E-state index is 2.41. The molecular weight excluding hydrogens is 355 g/mol. The molecule has 28 heavy (non-hydrogen) atoms. The van der Waals surface area contributed by atoms with Crippen LogP contribution >= 0.6 is 8.58 Å². The zero-order valence-electron chi connectivity index (χ0n) is 17.5. The predicted molar refractivity (Wildman–Crippen MR) is 119 cm³/mol. The molecule has 1 aromatic carbocycles. The van der Waals surface area contributed by atoms with Crippen LogP contribution in [0.25, 0.3) is 0 Å². The molecule has 1 heteroatoms. The van der Waals surface area contributed by atoms with Crippen molar-refractivity contribution in [1.82, 2.24) is 0 Å². The molecule has 0 heterocycles. The van der Waals surface area contributed by atoms with Gasteiger partial charge in [-0.1, -0.05) is 30.3 Å². The molecular formula is C27H37P. The molecule has 0 aromatic heterocycles. The lowest BCUT2D eigenvalue weighted by Gasteiger charge is -2.66. The lowest BCUT2D eigenvalue weighted by molar-refractivity contribution is -0.0406. The van der Waals surface area contributed by atoms with E-state index in [1.165, 1.54) is 15.0 Å². The average molecular weight is 393 g/mol. The molecule has 0 saturated heterocycles. The maximum atomic E-state index is 2.41. The molecule has 3 unspecified atom stereocenters. The van der Waals surface area contributed by atoms with Gasteiger partial charge >= 0.3 is 0 Å². The van der Waals surface area contributed by atoms with Crippen LogP contribution in [-0.2, 0) is 6.42 Å². The predicted octanol–water partition coefficient (Wildman–Crippen LogP) is 7.22. The van der Waals surface area contributed by atoms with Crippen molar-refractivity contribution in [2.75, 3.05) is 0 Å². The van der Waals surface area contributed by atoms with Crippen LogP contribution < -0.4 is 0 Å². The Hall–Kier alpha value is -0.350. The van der Waals surface area contributed by atoms with Crippen molar-refractivity contribution in [1.29, 1.82) is 0 Å². The SMILES string of the molecule is c1ccc(CC23CC4CC(C2)CC(PC25CC6CC(CC(C6)C2)C5)(C4)C3)cc1. The van der Waals surface area contributed by atoms with Gasteiger partial charge in [-0.15, -0.1) is 8.58 Å². The van der Waals surface area contributed by atoms with Crippen molar-refractivity contribution in [2.24, 2.45) is 35.0 Å². The van der Waals surface area contributed by atoms with Gasteiger partial charge in [0.05, 0.1) is 0 Å². The molecule has 3 atom stereocenters. The van der Waals surface area contributed by atoms with E-state index in [0.29, 0.717) is 5.41 Å². The van der Waals surface area contributed by atoms with Gasteiger partial charge < -0.3 is 0 Å². The summed E-state index contributed by atoms with van der Waals surface area (Å²) in [5.41, 5.74) is 2.29. The van der Waals surface area contributed by atoms with Crippen LogP contribution in [0.1, 0.15) is 82.6 Å². The maximum Gasteiger partial charge on any atom is -0.0106 e. The van der Waals surface area contributed by atoms with E-state index >= 15 is 0 Å². The number of benzene rings is 1. The van der Waals surface area contributed by atoms with Crippen molar-refractivity contribution in [3.05, 3.63) is 35.9 Å². The molecule has 8 fully saturated rings. The molecule has 8 aliphatic rings. The third kappa shape index (κ3) is 2.72. The van der Waals surface area contributed by atoms with Crippen LogP contribution in [0.3, 0.4) is 0 Å². The van der Waals surface area contributed by atoms with Crippen LogP contribution in [-0.4, -0.2) is 10.3 Å². The molecule has 8 aliphatic carbocycles. The highest BCUT2D eigenvalue weighted by molar-refractivity contribution is 7.42. The third-order valence-corrected chi connectivity index (χ3v) is 12.4. The van der Waals surface area contributed by atoms with E-state index in [1.54, 1.807) is 82.6 Å². The van der Waals surface area contributed by atoms with E-state index in [4.69, 9.17) is 0 Å². The molecule has 0 radical (unpaired) electrons. The minimum Gasteiger partial charge on any atom is -0.109 e. The Kier molecular flexibility index (Phi) is 3.64. The quantitative estimate of drug-likeness (QED) is 0.475. The van der Waals surface area contributed by atoms with Crippen LogP contribution in [0.5, 0.6) is 0 Å². The van der Waals surface area contributed by atoms with Gasteiger partial charge in [-0.2, -0.15) is 0 Å². The Morgan fingerprint density at radius 3 is 1.79 bits per heavy atom. The summed E-state index contributed by atoms with van der Waals surface area (Å²) in [6, 6.07) is 11.5. The second-order valence-corrected chi connectivity index (χ2v) is 15.1. The Morgan fingerprint density at radius 1 is 0.643 bits per heavy atom. The van der Waals surface area contributed by atoms with Crippen molar-refractivity contribution < 1.29 is 0 Å². The standard InChI is InChI=1S/C27H37P/c1-2-4-19(5-3-1)10-25-11-23-9-24(12-25)17-27(16-23,18-25)28-26-13-20-6-21(14-26)8-22(7-20)15-26/h1-5,20-24,28H,6-18H2. The zero-order valence-corrected chi connectivity index (χ0v) is 18.5. The highest BCUT2D eigenvalue weighted by Gasteiger charge is 2.61. The second kappa shape index (κ2) is 5.87. The fraction of sp³-hybridized carbons (Fsp3) is 0.778. The van der Waals surface area contributed by atoms with E-state index in [0.717, 1.165) is 39.9 Å². The Morgan fingerprint density at radius 2 is 1.18 bits per heavy atom. The van der Waals surface area contributed by atoms with Gasteiger partial charge in [-0.05, 0) is 134 Å². The van der Waals surface area contributed by atoms with Crippen molar-refractivity contribution in [2.45, 2.75) is 93.8 Å². The monoisotopic (exact) mass is 392 g/mol. The van der Waals surface area contributed by atoms with Gasteiger partial charge in [-0.25, -0.2) is 0 Å². The van der Waals surface area contributed by atoms with Crippen LogP contribution in [0.15, 0.2) is 30.3 Å². The van der Waals surface area contributed by atoms with E-state index in [2.05, 4.69) is 30.3 Å². The van der Waals surface area contributed by atoms with Crippen LogP contribution in [0, 0.1) is 35.0 Å². The fourth-order valence-corrected chi connectivity index (χ4v) is 14.2. The lowest BCUT2D eigenvalue weighted by atomic mass is 9.48. The van der Waals surface area contributed by atoms with Gasteiger partial charge in [0, 0.05) is 0 Å². The van der Waals surface area contributed by atoms with Crippen molar-refractivity contribution in [3.63, 3.8) is 0 Å². The van der Waals surface area contributed by atoms with Crippen molar-refractivity contribution >= 4 is 8.58 Å². The summed E-state index contributed by atoms with van der Waals surface area (Å²) in [6.45, 7) is 0. The zero-order chi connectivity index (χ0) is 18.4. The summed E-state index contributed by atoms with van der Waals surface area (Å²) < 4.78 is 0. The molecule has 0 spiro atoms. The summed E-state index contributed by atoms with van der Waals surface area (Å²) in [5, 5.41) is 1.58. The van der Waals surface area contributed by atoms with Gasteiger partial charge in [0.2, 0.25) is 0 Å². The van der Waals surface area contributed by atoms with Gasteiger partial charge in [0.15, 0.2) is 0 Å². The van der Waals surface area contributed by atoms with E-state index < -0.39 is 0 Å². The summed E-state index contributed by atoms with van der Waals surface area (Å²) in [5.74, 6) is 5.54. The van der Waals surface area contributed by atoms with Gasteiger partial charge in [0.1, 0.15) is 0 Å². The Bertz CT molecular complexity index is 714. The molecule has 8 bridgehead atoms. The summed E-state index contributed by atoms with van der Waals surface area (Å²) in [7, 11) is 1.32. The Balaban J connectivity index is 1.19. The molecule has 0 N–H and O–H groups in total. The molecule has 8 saturated carbocycles. The van der Waals surface area contributed by atoms with Crippen LogP contribution in [0.4, 0.5) is 0 Å². The molecule has 1 aromatic rings. The normalized spacial score (nSPS) is 53.5. The summed E-state index contributed by atoms with van der Waals surface area (Å²) >= 11 is 0. The van der Waals surface area contributed by atoms with E-state index in [-0.39, 0.29) is 0 Å². The molecule has 0 aliphatic heterocycles. The number of rotatable bonds is 4. The van der Waals surface area contributed by atoms with Crippen molar-refractivity contribution in [3.8, 4) is 0 Å². The minimum atomic E-state index is 0.667. The fourth-order valence-electron chi connectivity index (χ4n) is 10.7. The topological polar surface area (TPSA) is 0 Å². The first-order chi connectivity index (χ1) is 13.6. The van der Waals surface area contributed by atoms with Crippen LogP contribution in [0.2, 0.25) is 0 Å². The van der Waals surface area contributed by atoms with Gasteiger partial charge in [-0.3, -0.25) is 0 Å². The largest absolute Gasteiger partial charge is 0.109 e. The average Bonchev–Trinajstić information content (AvgIpc) is 2.58. The van der Waals surface area contributed by atoms with Gasteiger partial charge in [0.25, 0.3) is 0 Å². The second-order valence-electron chi connectivity index (χ2n) is 12.7. The van der Waals surface area contributed by atoms with E-state index in [1.807, 2.05) is 0 Å². The first-order valence-corrected chi connectivity index (χ1v) is 13.4.